The number of hydrogen-bond donors (Lipinski definition) is 2. The van der Waals surface area contributed by atoms with Crippen LogP contribution in [0, 0.1) is 11.3 Å². The number of likely N-dealkylation sites (tertiary alicyclic amines) is 1. The van der Waals surface area contributed by atoms with Crippen LogP contribution in [-0.4, -0.2) is 40.0 Å². The number of anilines is 2. The average Bonchev–Trinajstić information content (AvgIpc) is 2.42. The van der Waals surface area contributed by atoms with Gasteiger partial charge in [-0.1, -0.05) is 6.42 Å². The highest BCUT2D eigenvalue weighted by atomic mass is 15.2. The van der Waals surface area contributed by atoms with Gasteiger partial charge in [0.2, 0.25) is 5.95 Å². The molecule has 1 fully saturated rings. The molecule has 1 aromatic rings. The van der Waals surface area contributed by atoms with E-state index in [9.17, 15) is 0 Å². The number of nitrogens with one attached hydrogen (secondary N) is 1. The van der Waals surface area contributed by atoms with Crippen LogP contribution < -0.4 is 11.1 Å². The number of rotatable bonds is 4. The van der Waals surface area contributed by atoms with Crippen LogP contribution in [0.1, 0.15) is 38.7 Å². The Kier molecular flexibility index (Phi) is 4.74. The molecule has 20 heavy (non-hydrogen) atoms. The number of piperidine rings is 1. The molecule has 1 aliphatic heterocycles. The molecule has 0 saturated carbocycles. The number of nitrogens with two attached hydrogens (primary N) is 1. The first-order valence-electron chi connectivity index (χ1n) is 7.14. The van der Waals surface area contributed by atoms with Crippen LogP contribution >= 0.6 is 0 Å². The van der Waals surface area contributed by atoms with E-state index in [1.807, 2.05) is 6.07 Å². The number of nitrogens with zero attached hydrogens (tertiary/aromatic N) is 4. The zero-order valence-corrected chi connectivity index (χ0v) is 12.1. The van der Waals surface area contributed by atoms with Crippen LogP contribution in [0.5, 0.6) is 0 Å². The molecule has 2 atom stereocenters. The van der Waals surface area contributed by atoms with Crippen LogP contribution in [0.25, 0.3) is 0 Å². The number of aromatic nitrogens is 2. The van der Waals surface area contributed by atoms with E-state index in [1.165, 1.54) is 25.5 Å². The molecule has 0 unspecified atom stereocenters. The van der Waals surface area contributed by atoms with E-state index >= 15 is 0 Å². The van der Waals surface area contributed by atoms with Gasteiger partial charge in [0.25, 0.3) is 0 Å². The molecule has 1 aliphatic rings. The van der Waals surface area contributed by atoms with Crippen molar-refractivity contribution in [2.75, 3.05) is 24.1 Å². The van der Waals surface area contributed by atoms with Crippen LogP contribution in [-0.2, 0) is 0 Å². The van der Waals surface area contributed by atoms with Gasteiger partial charge < -0.3 is 11.1 Å². The smallest absolute Gasteiger partial charge is 0.224 e. The highest BCUT2D eigenvalue weighted by molar-refractivity contribution is 5.49. The third kappa shape index (κ3) is 3.36. The summed E-state index contributed by atoms with van der Waals surface area (Å²) < 4.78 is 0. The third-order valence-electron chi connectivity index (χ3n) is 3.97. The molecule has 0 amide bonds. The Morgan fingerprint density at radius 2 is 2.15 bits per heavy atom. The largest absolute Gasteiger partial charge is 0.382 e. The summed E-state index contributed by atoms with van der Waals surface area (Å²) in [4.78, 5) is 10.7. The maximum Gasteiger partial charge on any atom is 0.224 e. The maximum atomic E-state index is 8.78. The Balaban J connectivity index is 1.86. The molecule has 6 heteroatoms. The summed E-state index contributed by atoms with van der Waals surface area (Å²) in [5.74, 6) is 0.712. The van der Waals surface area contributed by atoms with Gasteiger partial charge in [0, 0.05) is 25.2 Å². The molecule has 2 rings (SSSR count). The summed E-state index contributed by atoms with van der Waals surface area (Å²) in [6, 6.07) is 3.22. The van der Waals surface area contributed by atoms with Gasteiger partial charge in [-0.05, 0) is 26.7 Å². The predicted molar refractivity (Wildman–Crippen MR) is 79.1 cm³/mol. The van der Waals surface area contributed by atoms with Gasteiger partial charge in [-0.2, -0.15) is 10.2 Å². The first-order chi connectivity index (χ1) is 9.61. The number of nitrogen functional groups attached to an aromatic ring is 1. The van der Waals surface area contributed by atoms with Gasteiger partial charge in [0.15, 0.2) is 0 Å². The van der Waals surface area contributed by atoms with Gasteiger partial charge in [0.1, 0.15) is 17.5 Å². The second kappa shape index (κ2) is 6.53. The Bertz CT molecular complexity index is 485. The van der Waals surface area contributed by atoms with Gasteiger partial charge >= 0.3 is 0 Å². The van der Waals surface area contributed by atoms with Crippen LogP contribution in [0.15, 0.2) is 6.20 Å². The molecule has 2 heterocycles. The first kappa shape index (κ1) is 14.5. The van der Waals surface area contributed by atoms with E-state index in [-0.39, 0.29) is 5.82 Å². The summed E-state index contributed by atoms with van der Waals surface area (Å²) in [5, 5.41) is 11.9. The van der Waals surface area contributed by atoms with Crippen LogP contribution in [0.2, 0.25) is 0 Å². The fourth-order valence-corrected chi connectivity index (χ4v) is 2.78. The molecular formula is C14H22N6. The molecule has 0 radical (unpaired) electrons. The lowest BCUT2D eigenvalue weighted by molar-refractivity contribution is 0.109. The van der Waals surface area contributed by atoms with E-state index in [0.717, 1.165) is 13.1 Å². The van der Waals surface area contributed by atoms with Crippen molar-refractivity contribution in [1.29, 1.82) is 5.26 Å². The van der Waals surface area contributed by atoms with Crippen molar-refractivity contribution in [2.45, 2.75) is 45.2 Å². The van der Waals surface area contributed by atoms with E-state index < -0.39 is 0 Å². The lowest BCUT2D eigenvalue weighted by Crippen LogP contribution is -2.45. The van der Waals surface area contributed by atoms with Crippen LogP contribution in [0.4, 0.5) is 11.8 Å². The average molecular weight is 274 g/mol. The lowest BCUT2D eigenvalue weighted by Gasteiger charge is -2.39. The summed E-state index contributed by atoms with van der Waals surface area (Å²) in [7, 11) is 0. The predicted octanol–water partition coefficient (Wildman–Crippen LogP) is 1.61. The molecular weight excluding hydrogens is 252 g/mol. The maximum absolute atomic E-state index is 8.78. The molecule has 0 aliphatic carbocycles. The van der Waals surface area contributed by atoms with Gasteiger partial charge in [-0.3, -0.25) is 4.90 Å². The Hall–Kier alpha value is -1.87. The quantitative estimate of drug-likeness (QED) is 0.866. The zero-order valence-electron chi connectivity index (χ0n) is 12.1. The fraction of sp³-hybridized carbons (Fsp3) is 0.643. The van der Waals surface area contributed by atoms with Gasteiger partial charge in [-0.25, -0.2) is 4.98 Å². The van der Waals surface area contributed by atoms with E-state index in [2.05, 4.69) is 34.0 Å². The summed E-state index contributed by atoms with van der Waals surface area (Å²) in [5.41, 5.74) is 5.98. The van der Waals surface area contributed by atoms with Crippen molar-refractivity contribution in [3.8, 4) is 6.07 Å². The van der Waals surface area contributed by atoms with Gasteiger partial charge in [0.05, 0.1) is 6.20 Å². The standard InChI is InChI=1S/C14H22N6/c1-10-4-3-5-11(2)20(10)7-6-17-14-18-9-12(8-15)13(16)19-14/h9-11H,3-7H2,1-2H3,(H3,16,17,18,19)/t10-,11+. The number of hydrogen-bond acceptors (Lipinski definition) is 6. The SMILES string of the molecule is C[C@@H]1CCC[C@H](C)N1CCNc1ncc(C#N)c(N)n1. The summed E-state index contributed by atoms with van der Waals surface area (Å²) in [6.07, 6.45) is 5.31. The third-order valence-corrected chi connectivity index (χ3v) is 3.97. The molecule has 3 N–H and O–H groups in total. The van der Waals surface area contributed by atoms with Crippen molar-refractivity contribution in [3.63, 3.8) is 0 Å². The van der Waals surface area contributed by atoms with Crippen molar-refractivity contribution in [3.05, 3.63) is 11.8 Å². The normalized spacial score (nSPS) is 23.2. The lowest BCUT2D eigenvalue weighted by atomic mass is 9.98. The van der Waals surface area contributed by atoms with Crippen molar-refractivity contribution < 1.29 is 0 Å². The molecule has 0 spiro atoms. The molecule has 1 saturated heterocycles. The topological polar surface area (TPSA) is 90.9 Å². The van der Waals surface area contributed by atoms with E-state index in [1.54, 1.807) is 0 Å². The second-order valence-electron chi connectivity index (χ2n) is 5.40. The second-order valence-corrected chi connectivity index (χ2v) is 5.40. The minimum atomic E-state index is 0.227. The molecule has 0 bridgehead atoms. The first-order valence-corrected chi connectivity index (χ1v) is 7.14. The molecule has 0 aromatic carbocycles. The Morgan fingerprint density at radius 1 is 1.45 bits per heavy atom. The van der Waals surface area contributed by atoms with Crippen molar-refractivity contribution in [1.82, 2.24) is 14.9 Å². The van der Waals surface area contributed by atoms with Crippen LogP contribution in [0.3, 0.4) is 0 Å². The highest BCUT2D eigenvalue weighted by Gasteiger charge is 2.23. The molecule has 6 nitrogen and oxygen atoms in total. The zero-order chi connectivity index (χ0) is 14.5. The minimum Gasteiger partial charge on any atom is -0.382 e. The van der Waals surface area contributed by atoms with E-state index in [0.29, 0.717) is 23.6 Å². The summed E-state index contributed by atoms with van der Waals surface area (Å²) >= 11 is 0. The highest BCUT2D eigenvalue weighted by Crippen LogP contribution is 2.21. The van der Waals surface area contributed by atoms with Gasteiger partial charge in [-0.15, -0.1) is 0 Å². The van der Waals surface area contributed by atoms with Crippen molar-refractivity contribution in [2.24, 2.45) is 0 Å². The Labute approximate surface area is 120 Å². The number of nitriles is 1. The van der Waals surface area contributed by atoms with Crippen molar-refractivity contribution >= 4 is 11.8 Å². The molecule has 108 valence electrons. The summed E-state index contributed by atoms with van der Waals surface area (Å²) in [6.45, 7) is 6.31. The fourth-order valence-electron chi connectivity index (χ4n) is 2.78. The Morgan fingerprint density at radius 3 is 2.75 bits per heavy atom. The molecule has 1 aromatic heterocycles. The van der Waals surface area contributed by atoms with E-state index in [4.69, 9.17) is 11.0 Å². The minimum absolute atomic E-state index is 0.227. The monoisotopic (exact) mass is 274 g/mol.